The van der Waals surface area contributed by atoms with Crippen LogP contribution >= 0.6 is 0 Å². The van der Waals surface area contributed by atoms with E-state index in [0.717, 1.165) is 17.5 Å². The Kier molecular flexibility index (Phi) is 5.02. The lowest BCUT2D eigenvalue weighted by Gasteiger charge is -2.10. The number of phenolic OH excluding ortho intramolecular Hbond substituents is 2. The monoisotopic (exact) mass is 246 g/mol. The van der Waals surface area contributed by atoms with Crippen molar-refractivity contribution in [3.8, 4) is 11.5 Å². The first-order valence-corrected chi connectivity index (χ1v) is 6.21. The summed E-state index contributed by atoms with van der Waals surface area (Å²) in [4.78, 5) is 0. The summed E-state index contributed by atoms with van der Waals surface area (Å²) in [5, 5.41) is 19.5. The van der Waals surface area contributed by atoms with Gasteiger partial charge in [0.05, 0.1) is 0 Å². The van der Waals surface area contributed by atoms with Crippen molar-refractivity contribution in [3.05, 3.63) is 46.6 Å². The maximum absolute atomic E-state index is 9.96. The molecule has 0 aliphatic rings. The Bertz CT molecular complexity index is 474. The summed E-state index contributed by atoms with van der Waals surface area (Å²) < 4.78 is 0. The summed E-state index contributed by atoms with van der Waals surface area (Å²) in [7, 11) is 0. The molecule has 0 fully saturated rings. The maximum Gasteiger partial charge on any atom is 0.161 e. The minimum atomic E-state index is -0.0480. The van der Waals surface area contributed by atoms with E-state index >= 15 is 0 Å². The molecule has 2 nitrogen and oxygen atoms in total. The molecule has 0 saturated heterocycles. The highest BCUT2D eigenvalue weighted by Crippen LogP contribution is 2.32. The third-order valence-electron chi connectivity index (χ3n) is 2.80. The Labute approximate surface area is 109 Å². The van der Waals surface area contributed by atoms with Crippen molar-refractivity contribution in [2.24, 2.45) is 0 Å². The van der Waals surface area contributed by atoms with Crippen LogP contribution in [0.4, 0.5) is 0 Å². The fourth-order valence-corrected chi connectivity index (χ4v) is 1.71. The highest BCUT2D eigenvalue weighted by atomic mass is 16.3. The zero-order valence-electron chi connectivity index (χ0n) is 11.6. The number of hydrogen-bond acceptors (Lipinski definition) is 2. The average molecular weight is 246 g/mol. The van der Waals surface area contributed by atoms with E-state index in [1.165, 1.54) is 11.1 Å². The predicted octanol–water partition coefficient (Wildman–Crippen LogP) is 4.12. The second-order valence-corrected chi connectivity index (χ2v) is 5.04. The molecule has 0 heterocycles. The van der Waals surface area contributed by atoms with E-state index in [1.807, 2.05) is 19.9 Å². The van der Waals surface area contributed by atoms with Crippen LogP contribution in [0, 0.1) is 0 Å². The molecule has 0 aliphatic heterocycles. The van der Waals surface area contributed by atoms with Gasteiger partial charge in [-0.05, 0) is 52.2 Å². The van der Waals surface area contributed by atoms with Gasteiger partial charge in [0.1, 0.15) is 0 Å². The van der Waals surface area contributed by atoms with Crippen LogP contribution in [0.5, 0.6) is 11.5 Å². The highest BCUT2D eigenvalue weighted by molar-refractivity contribution is 5.50. The highest BCUT2D eigenvalue weighted by Gasteiger charge is 2.10. The van der Waals surface area contributed by atoms with Crippen molar-refractivity contribution < 1.29 is 10.2 Å². The Morgan fingerprint density at radius 1 is 0.944 bits per heavy atom. The first kappa shape index (κ1) is 14.4. The Hall–Kier alpha value is -1.70. The first-order chi connectivity index (χ1) is 8.41. The van der Waals surface area contributed by atoms with Crippen molar-refractivity contribution >= 4 is 0 Å². The fraction of sp³-hybridized carbons (Fsp3) is 0.375. The minimum Gasteiger partial charge on any atom is -0.504 e. The van der Waals surface area contributed by atoms with Crippen LogP contribution < -0.4 is 0 Å². The van der Waals surface area contributed by atoms with E-state index < -0.39 is 0 Å². The van der Waals surface area contributed by atoms with Crippen LogP contribution in [-0.2, 0) is 12.8 Å². The number of phenols is 2. The van der Waals surface area contributed by atoms with Crippen molar-refractivity contribution in [1.82, 2.24) is 0 Å². The fourth-order valence-electron chi connectivity index (χ4n) is 1.71. The molecular weight excluding hydrogens is 224 g/mol. The number of rotatable bonds is 4. The summed E-state index contributed by atoms with van der Waals surface area (Å²) in [5.74, 6) is -0.0414. The second kappa shape index (κ2) is 6.29. The molecule has 98 valence electrons. The first-order valence-electron chi connectivity index (χ1n) is 6.21. The number of benzene rings is 1. The Morgan fingerprint density at radius 2 is 1.50 bits per heavy atom. The topological polar surface area (TPSA) is 40.5 Å². The molecule has 0 bridgehead atoms. The van der Waals surface area contributed by atoms with Crippen molar-refractivity contribution in [2.75, 3.05) is 0 Å². The summed E-state index contributed by atoms with van der Waals surface area (Å²) in [6, 6.07) is 3.43. The second-order valence-electron chi connectivity index (χ2n) is 5.04. The van der Waals surface area contributed by atoms with E-state index in [2.05, 4.69) is 26.0 Å². The van der Waals surface area contributed by atoms with Crippen LogP contribution in [0.25, 0.3) is 0 Å². The minimum absolute atomic E-state index is 0.00663. The van der Waals surface area contributed by atoms with Gasteiger partial charge in [-0.1, -0.05) is 29.4 Å². The van der Waals surface area contributed by atoms with Crippen molar-refractivity contribution in [1.29, 1.82) is 0 Å². The summed E-state index contributed by atoms with van der Waals surface area (Å²) in [6.07, 6.45) is 5.61. The lowest BCUT2D eigenvalue weighted by atomic mass is 9.98. The van der Waals surface area contributed by atoms with Gasteiger partial charge in [0.15, 0.2) is 11.5 Å². The van der Waals surface area contributed by atoms with Gasteiger partial charge in [0.25, 0.3) is 0 Å². The van der Waals surface area contributed by atoms with Gasteiger partial charge in [-0.3, -0.25) is 0 Å². The molecule has 0 spiro atoms. The van der Waals surface area contributed by atoms with E-state index in [-0.39, 0.29) is 11.5 Å². The quantitative estimate of drug-likeness (QED) is 0.620. The molecule has 18 heavy (non-hydrogen) atoms. The van der Waals surface area contributed by atoms with Crippen LogP contribution in [0.1, 0.15) is 38.8 Å². The van der Waals surface area contributed by atoms with E-state index in [4.69, 9.17) is 0 Å². The van der Waals surface area contributed by atoms with Gasteiger partial charge in [-0.25, -0.2) is 0 Å². The van der Waals surface area contributed by atoms with Crippen LogP contribution in [0.2, 0.25) is 0 Å². The zero-order valence-corrected chi connectivity index (χ0v) is 11.6. The Morgan fingerprint density at radius 3 is 2.06 bits per heavy atom. The SMILES string of the molecule is CC(C)=CCc1ccc(O)c(O)c1CC=C(C)C. The normalized spacial score (nSPS) is 10.0. The van der Waals surface area contributed by atoms with Gasteiger partial charge >= 0.3 is 0 Å². The van der Waals surface area contributed by atoms with Crippen molar-refractivity contribution in [3.63, 3.8) is 0 Å². The molecule has 2 N–H and O–H groups in total. The summed E-state index contributed by atoms with van der Waals surface area (Å²) >= 11 is 0. The molecule has 0 atom stereocenters. The molecule has 2 heteroatoms. The molecule has 0 amide bonds. The number of allylic oxidation sites excluding steroid dienone is 4. The number of aromatic hydroxyl groups is 2. The molecule has 0 aromatic heterocycles. The molecule has 0 unspecified atom stereocenters. The van der Waals surface area contributed by atoms with Crippen LogP contribution in [0.3, 0.4) is 0 Å². The van der Waals surface area contributed by atoms with E-state index in [9.17, 15) is 10.2 Å². The smallest absolute Gasteiger partial charge is 0.161 e. The number of hydrogen-bond donors (Lipinski definition) is 2. The molecule has 0 aliphatic carbocycles. The Balaban J connectivity index is 3.12. The lowest BCUT2D eigenvalue weighted by Crippen LogP contribution is -1.94. The third-order valence-corrected chi connectivity index (χ3v) is 2.80. The van der Waals surface area contributed by atoms with Gasteiger partial charge in [0.2, 0.25) is 0 Å². The predicted molar refractivity (Wildman–Crippen MR) is 76.0 cm³/mol. The average Bonchev–Trinajstić information content (AvgIpc) is 2.29. The zero-order chi connectivity index (χ0) is 13.7. The third kappa shape index (κ3) is 3.95. The van der Waals surface area contributed by atoms with Gasteiger partial charge in [-0.2, -0.15) is 0 Å². The maximum atomic E-state index is 9.96. The molecular formula is C16H22O2. The van der Waals surface area contributed by atoms with Gasteiger partial charge in [-0.15, -0.1) is 0 Å². The van der Waals surface area contributed by atoms with E-state index in [0.29, 0.717) is 6.42 Å². The van der Waals surface area contributed by atoms with Crippen molar-refractivity contribution in [2.45, 2.75) is 40.5 Å². The molecule has 1 aromatic rings. The van der Waals surface area contributed by atoms with Crippen LogP contribution in [0.15, 0.2) is 35.4 Å². The van der Waals surface area contributed by atoms with Gasteiger partial charge < -0.3 is 10.2 Å². The standard InChI is InChI=1S/C16H22O2/c1-11(2)5-7-13-8-10-15(17)16(18)14(13)9-6-12(3)4/h5-6,8,10,17-18H,7,9H2,1-4H3. The van der Waals surface area contributed by atoms with E-state index in [1.54, 1.807) is 6.07 Å². The van der Waals surface area contributed by atoms with Crippen LogP contribution in [-0.4, -0.2) is 10.2 Å². The summed E-state index contributed by atoms with van der Waals surface area (Å²) in [5.41, 5.74) is 4.32. The molecule has 1 rings (SSSR count). The molecule has 1 aromatic carbocycles. The lowest BCUT2D eigenvalue weighted by molar-refractivity contribution is 0.399. The largest absolute Gasteiger partial charge is 0.504 e. The summed E-state index contributed by atoms with van der Waals surface area (Å²) in [6.45, 7) is 8.15. The molecule has 0 radical (unpaired) electrons. The van der Waals surface area contributed by atoms with Gasteiger partial charge in [0, 0.05) is 5.56 Å². The molecule has 0 saturated carbocycles.